The van der Waals surface area contributed by atoms with Gasteiger partial charge in [-0.25, -0.2) is 0 Å². The van der Waals surface area contributed by atoms with Crippen molar-refractivity contribution in [3.05, 3.63) is 4.91 Å². The molecule has 0 fully saturated rings. The Kier molecular flexibility index (Phi) is 2.70. The average Bonchev–Trinajstić information content (AvgIpc) is 1.84. The van der Waals surface area contributed by atoms with Gasteiger partial charge in [0, 0.05) is 11.1 Å². The number of ketones is 1. The Morgan fingerprint density at radius 1 is 1.33 bits per heavy atom. The third kappa shape index (κ3) is 2.12. The Balaban J connectivity index is 4.04. The van der Waals surface area contributed by atoms with Crippen molar-refractivity contribution in [1.82, 2.24) is 0 Å². The number of amides is 1. The topological polar surface area (TPSA) is 63.6 Å². The van der Waals surface area contributed by atoms with Crippen molar-refractivity contribution in [3.63, 3.8) is 0 Å². The molecule has 50 valence electrons. The molecule has 0 unspecified atom stereocenters. The number of nitroso groups, excluding NO2 is 1. The second-order valence-electron chi connectivity index (χ2n) is 1.92. The molecular formula is C5H7NO3. The first-order chi connectivity index (χ1) is 4.09. The van der Waals surface area contributed by atoms with Gasteiger partial charge in [-0.1, -0.05) is 13.8 Å². The summed E-state index contributed by atoms with van der Waals surface area (Å²) in [5, 5.41) is 1.97. The van der Waals surface area contributed by atoms with Crippen LogP contribution in [0.1, 0.15) is 13.8 Å². The van der Waals surface area contributed by atoms with Crippen LogP contribution in [-0.2, 0) is 9.59 Å². The molecular weight excluding hydrogens is 122 g/mol. The van der Waals surface area contributed by atoms with Gasteiger partial charge in [0.2, 0.25) is 5.78 Å². The zero-order valence-electron chi connectivity index (χ0n) is 5.25. The van der Waals surface area contributed by atoms with Gasteiger partial charge in [0.15, 0.2) is 0 Å². The SMILES string of the molecule is CC(C)C(=O)C(=O)N=O. The molecule has 0 heterocycles. The lowest BCUT2D eigenvalue weighted by Crippen LogP contribution is -2.16. The van der Waals surface area contributed by atoms with Crippen LogP contribution in [0.15, 0.2) is 5.18 Å². The Morgan fingerprint density at radius 2 is 1.78 bits per heavy atom. The van der Waals surface area contributed by atoms with Crippen LogP contribution in [0.2, 0.25) is 0 Å². The first-order valence-electron chi connectivity index (χ1n) is 2.51. The predicted molar refractivity (Wildman–Crippen MR) is 30.6 cm³/mol. The Hall–Kier alpha value is -1.06. The quantitative estimate of drug-likeness (QED) is 0.403. The smallest absolute Gasteiger partial charge is 0.288 e. The van der Waals surface area contributed by atoms with Gasteiger partial charge < -0.3 is 0 Å². The van der Waals surface area contributed by atoms with Gasteiger partial charge in [-0.3, -0.25) is 9.59 Å². The van der Waals surface area contributed by atoms with Gasteiger partial charge in [0.1, 0.15) is 0 Å². The molecule has 4 nitrogen and oxygen atoms in total. The van der Waals surface area contributed by atoms with Crippen LogP contribution in [0.25, 0.3) is 0 Å². The minimum atomic E-state index is -1.19. The number of carbonyl (C=O) groups excluding carboxylic acids is 2. The maximum Gasteiger partial charge on any atom is 0.352 e. The van der Waals surface area contributed by atoms with E-state index in [2.05, 4.69) is 0 Å². The zero-order valence-corrected chi connectivity index (χ0v) is 5.25. The van der Waals surface area contributed by atoms with Crippen LogP contribution in [0.5, 0.6) is 0 Å². The molecule has 0 spiro atoms. The second kappa shape index (κ2) is 3.06. The summed E-state index contributed by atoms with van der Waals surface area (Å²) in [7, 11) is 0. The van der Waals surface area contributed by atoms with Gasteiger partial charge in [-0.05, 0) is 0 Å². The number of nitrogens with zero attached hydrogens (tertiary/aromatic N) is 1. The molecule has 0 saturated heterocycles. The van der Waals surface area contributed by atoms with Crippen LogP contribution in [0.3, 0.4) is 0 Å². The minimum absolute atomic E-state index is 0.435. The van der Waals surface area contributed by atoms with Crippen LogP contribution < -0.4 is 0 Å². The van der Waals surface area contributed by atoms with E-state index in [9.17, 15) is 14.5 Å². The molecule has 0 radical (unpaired) electrons. The van der Waals surface area contributed by atoms with Crippen molar-refractivity contribution in [1.29, 1.82) is 0 Å². The van der Waals surface area contributed by atoms with Crippen molar-refractivity contribution in [2.75, 3.05) is 0 Å². The number of Topliss-reactive ketones (excluding diaryl/α,β-unsaturated/α-hetero) is 1. The lowest BCUT2D eigenvalue weighted by atomic mass is 10.1. The van der Waals surface area contributed by atoms with Crippen molar-refractivity contribution in [3.8, 4) is 0 Å². The Labute approximate surface area is 52.2 Å². The van der Waals surface area contributed by atoms with Gasteiger partial charge in [-0.15, -0.1) is 4.91 Å². The molecule has 0 bridgehead atoms. The number of carbonyl (C=O) groups is 2. The molecule has 0 aromatic heterocycles. The first-order valence-corrected chi connectivity index (χ1v) is 2.51. The van der Waals surface area contributed by atoms with Gasteiger partial charge in [0.05, 0.1) is 0 Å². The molecule has 0 aromatic carbocycles. The summed E-state index contributed by atoms with van der Waals surface area (Å²) in [6.45, 7) is 3.07. The highest BCUT2D eigenvalue weighted by atomic mass is 16.3. The fraction of sp³-hybridized carbons (Fsp3) is 0.600. The summed E-state index contributed by atoms with van der Waals surface area (Å²) in [5.41, 5.74) is 0. The summed E-state index contributed by atoms with van der Waals surface area (Å²) in [6.07, 6.45) is 0. The highest BCUT2D eigenvalue weighted by Gasteiger charge is 2.17. The maximum atomic E-state index is 10.4. The summed E-state index contributed by atoms with van der Waals surface area (Å²) < 4.78 is 0. The lowest BCUT2D eigenvalue weighted by molar-refractivity contribution is -0.137. The zero-order chi connectivity index (χ0) is 7.44. The third-order valence-electron chi connectivity index (χ3n) is 0.818. The summed E-state index contributed by atoms with van der Waals surface area (Å²) in [4.78, 5) is 30.0. The number of hydrogen-bond acceptors (Lipinski definition) is 3. The van der Waals surface area contributed by atoms with Crippen LogP contribution >= 0.6 is 0 Å². The summed E-state index contributed by atoms with van der Waals surface area (Å²) in [5.74, 6) is -2.36. The van der Waals surface area contributed by atoms with E-state index in [4.69, 9.17) is 0 Å². The largest absolute Gasteiger partial charge is 0.352 e. The van der Waals surface area contributed by atoms with Crippen molar-refractivity contribution >= 4 is 11.7 Å². The Bertz CT molecular complexity index is 150. The van der Waals surface area contributed by atoms with E-state index < -0.39 is 17.6 Å². The van der Waals surface area contributed by atoms with E-state index in [-0.39, 0.29) is 0 Å². The fourth-order valence-corrected chi connectivity index (χ4v) is 0.292. The van der Waals surface area contributed by atoms with E-state index in [1.54, 1.807) is 0 Å². The lowest BCUT2D eigenvalue weighted by Gasteiger charge is -1.93. The van der Waals surface area contributed by atoms with Gasteiger partial charge >= 0.3 is 5.91 Å². The third-order valence-corrected chi connectivity index (χ3v) is 0.818. The molecule has 0 rings (SSSR count). The van der Waals surface area contributed by atoms with E-state index in [1.807, 2.05) is 5.18 Å². The molecule has 0 saturated carbocycles. The molecule has 0 aliphatic heterocycles. The van der Waals surface area contributed by atoms with Crippen LogP contribution in [-0.4, -0.2) is 11.7 Å². The monoisotopic (exact) mass is 129 g/mol. The van der Waals surface area contributed by atoms with Gasteiger partial charge in [-0.2, -0.15) is 0 Å². The molecule has 0 N–H and O–H groups in total. The van der Waals surface area contributed by atoms with Crippen molar-refractivity contribution in [2.45, 2.75) is 13.8 Å². The minimum Gasteiger partial charge on any atom is -0.288 e. The van der Waals surface area contributed by atoms with Crippen molar-refractivity contribution < 1.29 is 9.59 Å². The van der Waals surface area contributed by atoms with Gasteiger partial charge in [0.25, 0.3) is 0 Å². The van der Waals surface area contributed by atoms with Crippen molar-refractivity contribution in [2.24, 2.45) is 11.1 Å². The van der Waals surface area contributed by atoms with Crippen LogP contribution in [0.4, 0.5) is 0 Å². The fourth-order valence-electron chi connectivity index (χ4n) is 0.292. The first kappa shape index (κ1) is 7.94. The summed E-state index contributed by atoms with van der Waals surface area (Å²) >= 11 is 0. The van der Waals surface area contributed by atoms with E-state index in [0.29, 0.717) is 0 Å². The highest BCUT2D eigenvalue weighted by Crippen LogP contribution is 1.94. The second-order valence-corrected chi connectivity index (χ2v) is 1.92. The van der Waals surface area contributed by atoms with E-state index in [0.717, 1.165) is 0 Å². The molecule has 0 aliphatic rings. The predicted octanol–water partition coefficient (Wildman–Crippen LogP) is 0.504. The number of rotatable bonds is 2. The average molecular weight is 129 g/mol. The standard InChI is InChI=1S/C5H7NO3/c1-3(2)4(7)5(8)6-9/h3H,1-2H3. The number of hydrogen-bond donors (Lipinski definition) is 0. The normalized spacial score (nSPS) is 9.22. The molecule has 4 heteroatoms. The molecule has 0 atom stereocenters. The van der Waals surface area contributed by atoms with Crippen LogP contribution in [0, 0.1) is 10.8 Å². The molecule has 1 amide bonds. The maximum absolute atomic E-state index is 10.4. The molecule has 0 aliphatic carbocycles. The van der Waals surface area contributed by atoms with E-state index >= 15 is 0 Å². The van der Waals surface area contributed by atoms with E-state index in [1.165, 1.54) is 13.8 Å². The Morgan fingerprint density at radius 3 is 1.89 bits per heavy atom. The highest BCUT2D eigenvalue weighted by molar-refractivity contribution is 6.37. The molecule has 0 aromatic rings. The summed E-state index contributed by atoms with van der Waals surface area (Å²) in [6, 6.07) is 0. The molecule has 9 heavy (non-hydrogen) atoms.